The fourth-order valence-corrected chi connectivity index (χ4v) is 5.24. The third-order valence-electron chi connectivity index (χ3n) is 4.99. The number of benzene rings is 1. The highest BCUT2D eigenvalue weighted by molar-refractivity contribution is 7.80. The molecule has 2 aliphatic rings. The fraction of sp³-hybridized carbons (Fsp3) is 0.444. The van der Waals surface area contributed by atoms with Gasteiger partial charge in [0.15, 0.2) is 0 Å². The summed E-state index contributed by atoms with van der Waals surface area (Å²) in [6, 6.07) is 7.24. The molecule has 4 rings (SSSR count). The number of nitrogens with zero attached hydrogens (tertiary/aromatic N) is 1. The van der Waals surface area contributed by atoms with Crippen LogP contribution in [0, 0.1) is 0 Å². The van der Waals surface area contributed by atoms with E-state index in [0.29, 0.717) is 0 Å². The average Bonchev–Trinajstić information content (AvgIpc) is 2.83. The normalized spacial score (nSPS) is 23.7. The maximum absolute atomic E-state index is 4.68. The largest absolute Gasteiger partial charge is 0.297 e. The van der Waals surface area contributed by atoms with E-state index in [1.54, 1.807) is 0 Å². The van der Waals surface area contributed by atoms with Crippen molar-refractivity contribution in [3.8, 4) is 0 Å². The maximum atomic E-state index is 4.68. The molecule has 1 aromatic carbocycles. The Morgan fingerprint density at radius 1 is 1.19 bits per heavy atom. The number of hydrogen-bond donors (Lipinski definition) is 1. The van der Waals surface area contributed by atoms with E-state index in [4.69, 9.17) is 0 Å². The molecule has 0 aliphatic carbocycles. The molecule has 1 atom stereocenters. The average molecular weight is 316 g/mol. The van der Waals surface area contributed by atoms with Gasteiger partial charge >= 0.3 is 0 Å². The lowest BCUT2D eigenvalue weighted by Gasteiger charge is -2.33. The van der Waals surface area contributed by atoms with Crippen molar-refractivity contribution in [3.63, 3.8) is 0 Å². The van der Waals surface area contributed by atoms with Crippen LogP contribution in [-0.4, -0.2) is 24.0 Å². The van der Waals surface area contributed by atoms with Gasteiger partial charge in [-0.05, 0) is 60.9 Å². The van der Waals surface area contributed by atoms with Gasteiger partial charge in [-0.3, -0.25) is 4.90 Å². The second-order valence-electron chi connectivity index (χ2n) is 6.21. The monoisotopic (exact) mass is 315 g/mol. The molecule has 0 spiro atoms. The zero-order valence-electron chi connectivity index (χ0n) is 12.2. The second-order valence-corrected chi connectivity index (χ2v) is 7.61. The number of thiol groups is 1. The van der Waals surface area contributed by atoms with Gasteiger partial charge in [0.05, 0.1) is 0 Å². The van der Waals surface area contributed by atoms with Crippen LogP contribution >= 0.6 is 24.0 Å². The molecule has 0 radical (unpaired) electrons. The number of thiophene rings is 1. The van der Waals surface area contributed by atoms with Gasteiger partial charge in [-0.2, -0.15) is 0 Å². The molecule has 0 bridgehead atoms. The lowest BCUT2D eigenvalue weighted by Crippen LogP contribution is -2.38. The molecule has 0 saturated carbocycles. The third-order valence-corrected chi connectivity index (χ3v) is 6.31. The van der Waals surface area contributed by atoms with E-state index in [2.05, 4.69) is 47.2 Å². The first-order valence-corrected chi connectivity index (χ1v) is 9.28. The molecule has 3 heterocycles. The molecule has 3 heteroatoms. The van der Waals surface area contributed by atoms with E-state index in [9.17, 15) is 0 Å². The summed E-state index contributed by atoms with van der Waals surface area (Å²) in [6.45, 7) is 2.42. The molecule has 0 amide bonds. The van der Waals surface area contributed by atoms with Crippen molar-refractivity contribution in [3.05, 3.63) is 35.2 Å². The number of piperidine rings is 1. The van der Waals surface area contributed by atoms with Crippen molar-refractivity contribution >= 4 is 39.6 Å². The summed E-state index contributed by atoms with van der Waals surface area (Å²) in [6.07, 6.45) is 9.20. The zero-order chi connectivity index (χ0) is 14.2. The molecule has 1 nitrogen and oxygen atoms in total. The van der Waals surface area contributed by atoms with Gasteiger partial charge in [-0.1, -0.05) is 18.6 Å². The van der Waals surface area contributed by atoms with Crippen LogP contribution in [0.3, 0.4) is 0 Å². The van der Waals surface area contributed by atoms with Crippen molar-refractivity contribution < 1.29 is 0 Å². The van der Waals surface area contributed by atoms with Gasteiger partial charge in [0.1, 0.15) is 0 Å². The number of allylic oxidation sites excluding steroid dienone is 1. The van der Waals surface area contributed by atoms with Crippen molar-refractivity contribution in [2.45, 2.75) is 43.0 Å². The van der Waals surface area contributed by atoms with Gasteiger partial charge in [0, 0.05) is 27.6 Å². The Balaban J connectivity index is 1.70. The highest BCUT2D eigenvalue weighted by atomic mass is 32.1. The van der Waals surface area contributed by atoms with Crippen molar-refractivity contribution in [2.75, 3.05) is 13.1 Å². The molecule has 1 fully saturated rings. The SMILES string of the molecule is Sc1cccc2scc(C3=CCN4CCCCC4CC3)c12. The van der Waals surface area contributed by atoms with Crippen LogP contribution < -0.4 is 0 Å². The maximum Gasteiger partial charge on any atom is 0.0360 e. The fourth-order valence-electron chi connectivity index (χ4n) is 3.83. The van der Waals surface area contributed by atoms with Crippen LogP contribution in [-0.2, 0) is 0 Å². The summed E-state index contributed by atoms with van der Waals surface area (Å²) in [7, 11) is 0. The third kappa shape index (κ3) is 2.56. The molecule has 1 aromatic heterocycles. The highest BCUT2D eigenvalue weighted by Crippen LogP contribution is 2.38. The molecular formula is C18H21NS2. The number of hydrogen-bond acceptors (Lipinski definition) is 3. The molecule has 1 saturated heterocycles. The second kappa shape index (κ2) is 5.79. The molecule has 2 aromatic rings. The Morgan fingerprint density at radius 2 is 2.14 bits per heavy atom. The van der Waals surface area contributed by atoms with Crippen LogP contribution in [0.5, 0.6) is 0 Å². The van der Waals surface area contributed by atoms with Crippen LogP contribution in [0.1, 0.15) is 37.7 Å². The minimum Gasteiger partial charge on any atom is -0.297 e. The lowest BCUT2D eigenvalue weighted by atomic mass is 9.95. The van der Waals surface area contributed by atoms with Gasteiger partial charge in [-0.25, -0.2) is 0 Å². The van der Waals surface area contributed by atoms with E-state index < -0.39 is 0 Å². The predicted molar refractivity (Wildman–Crippen MR) is 95.5 cm³/mol. The van der Waals surface area contributed by atoms with Crippen LogP contribution in [0.25, 0.3) is 15.7 Å². The molecular weight excluding hydrogens is 294 g/mol. The van der Waals surface area contributed by atoms with E-state index in [1.807, 2.05) is 11.3 Å². The van der Waals surface area contributed by atoms with Gasteiger partial charge in [0.2, 0.25) is 0 Å². The lowest BCUT2D eigenvalue weighted by molar-refractivity contribution is 0.161. The Labute approximate surface area is 136 Å². The summed E-state index contributed by atoms with van der Waals surface area (Å²) in [5, 5.41) is 3.69. The first-order chi connectivity index (χ1) is 10.3. The van der Waals surface area contributed by atoms with Gasteiger partial charge in [-0.15, -0.1) is 24.0 Å². The van der Waals surface area contributed by atoms with Gasteiger partial charge < -0.3 is 0 Å². The predicted octanol–water partition coefficient (Wildman–Crippen LogP) is 5.22. The number of fused-ring (bicyclic) bond motifs is 2. The van der Waals surface area contributed by atoms with Gasteiger partial charge in [0.25, 0.3) is 0 Å². The van der Waals surface area contributed by atoms with Crippen molar-refractivity contribution in [1.82, 2.24) is 4.90 Å². The van der Waals surface area contributed by atoms with Crippen molar-refractivity contribution in [2.24, 2.45) is 0 Å². The Bertz CT molecular complexity index is 686. The topological polar surface area (TPSA) is 3.24 Å². The Hall–Kier alpha value is -0.770. The summed E-state index contributed by atoms with van der Waals surface area (Å²) in [5.41, 5.74) is 2.97. The van der Waals surface area contributed by atoms with E-state index in [0.717, 1.165) is 17.5 Å². The molecule has 1 unspecified atom stereocenters. The minimum atomic E-state index is 0.813. The first-order valence-electron chi connectivity index (χ1n) is 7.95. The zero-order valence-corrected chi connectivity index (χ0v) is 13.9. The van der Waals surface area contributed by atoms with Crippen molar-refractivity contribution in [1.29, 1.82) is 0 Å². The highest BCUT2D eigenvalue weighted by Gasteiger charge is 2.24. The van der Waals surface area contributed by atoms with E-state index in [1.165, 1.54) is 59.9 Å². The quantitative estimate of drug-likeness (QED) is 0.706. The summed E-state index contributed by atoms with van der Waals surface area (Å²) in [5.74, 6) is 0. The molecule has 2 aliphatic heterocycles. The summed E-state index contributed by atoms with van der Waals surface area (Å²) in [4.78, 5) is 3.80. The Kier molecular flexibility index (Phi) is 3.82. The summed E-state index contributed by atoms with van der Waals surface area (Å²) < 4.78 is 1.36. The standard InChI is InChI=1S/C18H21NS2/c20-16-5-3-6-17-18(16)15(12-21-17)13-7-8-14-4-1-2-10-19(14)11-9-13/h3,5-6,9,12,14,20H,1-2,4,7-8,10-11H2. The van der Waals surface area contributed by atoms with E-state index in [-0.39, 0.29) is 0 Å². The smallest absolute Gasteiger partial charge is 0.0360 e. The minimum absolute atomic E-state index is 0.813. The first kappa shape index (κ1) is 13.9. The molecule has 21 heavy (non-hydrogen) atoms. The number of rotatable bonds is 1. The van der Waals surface area contributed by atoms with Crippen LogP contribution in [0.15, 0.2) is 34.6 Å². The molecule has 110 valence electrons. The van der Waals surface area contributed by atoms with Crippen LogP contribution in [0.2, 0.25) is 0 Å². The summed E-state index contributed by atoms with van der Waals surface area (Å²) >= 11 is 6.53. The van der Waals surface area contributed by atoms with Crippen LogP contribution in [0.4, 0.5) is 0 Å². The Morgan fingerprint density at radius 3 is 3.10 bits per heavy atom. The van der Waals surface area contributed by atoms with E-state index >= 15 is 0 Å². The molecule has 0 N–H and O–H groups in total.